The molecule has 3 aromatic rings. The van der Waals surface area contributed by atoms with Crippen LogP contribution in [0.3, 0.4) is 0 Å². The van der Waals surface area contributed by atoms with Gasteiger partial charge in [0, 0.05) is 11.1 Å². The largest absolute Gasteiger partial charge is 0.435 e. The van der Waals surface area contributed by atoms with Crippen molar-refractivity contribution in [3.8, 4) is 0 Å². The van der Waals surface area contributed by atoms with Crippen molar-refractivity contribution >= 4 is 5.78 Å². The highest BCUT2D eigenvalue weighted by Gasteiger charge is 2.41. The Morgan fingerprint density at radius 3 is 2.15 bits per heavy atom. The molecule has 0 saturated carbocycles. The van der Waals surface area contributed by atoms with Gasteiger partial charge in [0.2, 0.25) is 5.78 Å². The third kappa shape index (κ3) is 3.32. The zero-order valence-electron chi connectivity index (χ0n) is 13.0. The fourth-order valence-electron chi connectivity index (χ4n) is 2.42. The fraction of sp³-hybridized carbons (Fsp3) is 0.118. The van der Waals surface area contributed by atoms with Crippen LogP contribution in [0.25, 0.3) is 0 Å². The lowest BCUT2D eigenvalue weighted by molar-refractivity contribution is -0.144. The van der Waals surface area contributed by atoms with Gasteiger partial charge in [0.1, 0.15) is 11.6 Å². The van der Waals surface area contributed by atoms with Crippen LogP contribution in [-0.2, 0) is 12.7 Å². The van der Waals surface area contributed by atoms with Gasteiger partial charge in [-0.1, -0.05) is 41.6 Å². The van der Waals surface area contributed by atoms with Crippen molar-refractivity contribution in [2.75, 3.05) is 0 Å². The number of benzene rings is 2. The molecule has 2 aromatic carbocycles. The number of aromatic nitrogens is 3. The van der Waals surface area contributed by atoms with Crippen LogP contribution in [-0.4, -0.2) is 20.8 Å². The van der Waals surface area contributed by atoms with Crippen molar-refractivity contribution in [3.63, 3.8) is 0 Å². The van der Waals surface area contributed by atoms with Crippen molar-refractivity contribution in [1.82, 2.24) is 15.0 Å². The zero-order valence-corrected chi connectivity index (χ0v) is 13.0. The Morgan fingerprint density at radius 1 is 0.962 bits per heavy atom. The summed E-state index contributed by atoms with van der Waals surface area (Å²) in [6, 6.07) is 10.1. The molecule has 0 fully saturated rings. The Kier molecular flexibility index (Phi) is 4.54. The quantitative estimate of drug-likeness (QED) is 0.520. The smallest absolute Gasteiger partial charge is 0.287 e. The summed E-state index contributed by atoms with van der Waals surface area (Å²) in [6.07, 6.45) is -5.00. The van der Waals surface area contributed by atoms with Crippen molar-refractivity contribution in [1.29, 1.82) is 0 Å². The van der Waals surface area contributed by atoms with Gasteiger partial charge in [0.25, 0.3) is 0 Å². The molecule has 3 rings (SSSR count). The fourth-order valence-corrected chi connectivity index (χ4v) is 2.42. The lowest BCUT2D eigenvalue weighted by atomic mass is 10.1. The molecule has 134 valence electrons. The van der Waals surface area contributed by atoms with Gasteiger partial charge in [-0.05, 0) is 12.1 Å². The van der Waals surface area contributed by atoms with E-state index in [1.54, 1.807) is 6.07 Å². The first-order valence-corrected chi connectivity index (χ1v) is 7.32. The molecule has 0 aliphatic carbocycles. The summed E-state index contributed by atoms with van der Waals surface area (Å²) in [6.45, 7) is -0.859. The minimum absolute atomic E-state index is 0.0119. The summed E-state index contributed by atoms with van der Waals surface area (Å²) in [5, 5.41) is 6.61. The summed E-state index contributed by atoms with van der Waals surface area (Å²) >= 11 is 0. The van der Waals surface area contributed by atoms with Gasteiger partial charge in [-0.2, -0.15) is 13.2 Å². The number of hydrogen-bond acceptors (Lipinski definition) is 3. The van der Waals surface area contributed by atoms with E-state index in [1.165, 1.54) is 24.3 Å². The number of hydrogen-bond donors (Lipinski definition) is 0. The molecule has 0 amide bonds. The molecule has 9 heteroatoms. The van der Waals surface area contributed by atoms with Crippen LogP contribution in [0.1, 0.15) is 27.3 Å². The van der Waals surface area contributed by atoms with E-state index in [9.17, 15) is 26.7 Å². The molecule has 0 saturated heterocycles. The number of alkyl halides is 3. The molecular formula is C17H10F5N3O. The number of carbonyl (C=O) groups is 1. The van der Waals surface area contributed by atoms with Crippen LogP contribution >= 0.6 is 0 Å². The van der Waals surface area contributed by atoms with E-state index in [2.05, 4.69) is 10.3 Å². The van der Waals surface area contributed by atoms with E-state index in [1.807, 2.05) is 0 Å². The second-order valence-electron chi connectivity index (χ2n) is 5.34. The topological polar surface area (TPSA) is 47.8 Å². The summed E-state index contributed by atoms with van der Waals surface area (Å²) < 4.78 is 68.2. The maximum Gasteiger partial charge on any atom is 0.435 e. The second-order valence-corrected chi connectivity index (χ2v) is 5.34. The first kappa shape index (κ1) is 17.7. The van der Waals surface area contributed by atoms with Crippen LogP contribution in [0, 0.1) is 11.6 Å². The molecular weight excluding hydrogens is 357 g/mol. The Hall–Kier alpha value is -3.10. The molecule has 0 radical (unpaired) electrons. The average molecular weight is 367 g/mol. The minimum atomic E-state index is -5.00. The van der Waals surface area contributed by atoms with E-state index in [-0.39, 0.29) is 10.2 Å². The van der Waals surface area contributed by atoms with Gasteiger partial charge >= 0.3 is 6.18 Å². The highest BCUT2D eigenvalue weighted by Crippen LogP contribution is 2.32. The Morgan fingerprint density at radius 2 is 1.58 bits per heavy atom. The van der Waals surface area contributed by atoms with Crippen molar-refractivity contribution in [2.45, 2.75) is 12.7 Å². The van der Waals surface area contributed by atoms with Gasteiger partial charge in [-0.25, -0.2) is 13.5 Å². The SMILES string of the molecule is O=C(c1ccccc1)c1nnn(Cc2c(F)cccc2F)c1C(F)(F)F. The van der Waals surface area contributed by atoms with Gasteiger partial charge in [-0.15, -0.1) is 5.10 Å². The van der Waals surface area contributed by atoms with Crippen molar-refractivity contribution < 1.29 is 26.7 Å². The molecule has 0 N–H and O–H groups in total. The van der Waals surface area contributed by atoms with E-state index in [0.717, 1.165) is 18.2 Å². The molecule has 0 spiro atoms. The molecule has 0 aliphatic heterocycles. The van der Waals surface area contributed by atoms with Gasteiger partial charge in [-0.3, -0.25) is 4.79 Å². The maximum absolute atomic E-state index is 13.7. The molecule has 1 heterocycles. The van der Waals surface area contributed by atoms with Crippen LogP contribution in [0.5, 0.6) is 0 Å². The van der Waals surface area contributed by atoms with Crippen molar-refractivity contribution in [3.05, 3.63) is 82.7 Å². The number of carbonyl (C=O) groups excluding carboxylic acids is 1. The summed E-state index contributed by atoms with van der Waals surface area (Å²) in [4.78, 5) is 12.3. The molecule has 1 aromatic heterocycles. The standard InChI is InChI=1S/C17H10F5N3O/c18-12-7-4-8-13(19)11(12)9-25-16(17(20,21)22)14(23-24-25)15(26)10-5-2-1-3-6-10/h1-8H,9H2. The van der Waals surface area contributed by atoms with Crippen LogP contribution < -0.4 is 0 Å². The second kappa shape index (κ2) is 6.66. The first-order chi connectivity index (χ1) is 12.3. The lowest BCUT2D eigenvalue weighted by Crippen LogP contribution is -2.20. The monoisotopic (exact) mass is 367 g/mol. The third-order valence-electron chi connectivity index (χ3n) is 3.62. The van der Waals surface area contributed by atoms with E-state index < -0.39 is 47.1 Å². The predicted molar refractivity (Wildman–Crippen MR) is 80.4 cm³/mol. The minimum Gasteiger partial charge on any atom is -0.287 e. The van der Waals surface area contributed by atoms with E-state index in [0.29, 0.717) is 0 Å². The molecule has 4 nitrogen and oxygen atoms in total. The van der Waals surface area contributed by atoms with Crippen molar-refractivity contribution in [2.24, 2.45) is 0 Å². The summed E-state index contributed by atoms with van der Waals surface area (Å²) in [5.74, 6) is -3.03. The molecule has 0 bridgehead atoms. The van der Waals surface area contributed by atoms with Gasteiger partial charge in [0.05, 0.1) is 6.54 Å². The van der Waals surface area contributed by atoms with Crippen LogP contribution in [0.2, 0.25) is 0 Å². The molecule has 26 heavy (non-hydrogen) atoms. The Bertz CT molecular complexity index is 931. The zero-order chi connectivity index (χ0) is 18.9. The summed E-state index contributed by atoms with van der Waals surface area (Å²) in [5.41, 5.74) is -3.02. The maximum atomic E-state index is 13.7. The predicted octanol–water partition coefficient (Wildman–Crippen LogP) is 3.85. The van der Waals surface area contributed by atoms with E-state index in [4.69, 9.17) is 0 Å². The molecule has 0 unspecified atom stereocenters. The normalized spacial score (nSPS) is 11.6. The number of ketones is 1. The highest BCUT2D eigenvalue weighted by molar-refractivity contribution is 6.08. The number of rotatable bonds is 4. The molecule has 0 aliphatic rings. The van der Waals surface area contributed by atoms with Crippen LogP contribution in [0.15, 0.2) is 48.5 Å². The first-order valence-electron chi connectivity index (χ1n) is 7.32. The van der Waals surface area contributed by atoms with E-state index >= 15 is 0 Å². The third-order valence-corrected chi connectivity index (χ3v) is 3.62. The Labute approximate surface area is 143 Å². The highest BCUT2D eigenvalue weighted by atomic mass is 19.4. The average Bonchev–Trinajstić information content (AvgIpc) is 3.02. The Balaban J connectivity index is 2.08. The van der Waals surface area contributed by atoms with Gasteiger partial charge in [0.15, 0.2) is 11.4 Å². The number of halogens is 5. The van der Waals surface area contributed by atoms with Gasteiger partial charge < -0.3 is 0 Å². The van der Waals surface area contributed by atoms with Crippen LogP contribution in [0.4, 0.5) is 22.0 Å². The lowest BCUT2D eigenvalue weighted by Gasteiger charge is -2.12. The number of nitrogens with zero attached hydrogens (tertiary/aromatic N) is 3. The summed E-state index contributed by atoms with van der Waals surface area (Å²) in [7, 11) is 0. The molecule has 0 atom stereocenters.